The zero-order chi connectivity index (χ0) is 28.7. The monoisotopic (exact) mass is 580 g/mol. The van der Waals surface area contributed by atoms with Crippen LogP contribution in [0, 0.1) is 11.6 Å². The second-order valence-corrected chi connectivity index (χ2v) is 12.7. The van der Waals surface area contributed by atoms with E-state index in [2.05, 4.69) is 31.1 Å². The number of pyridine rings is 1. The van der Waals surface area contributed by atoms with E-state index in [1.165, 1.54) is 24.3 Å². The fraction of sp³-hybridized carbons (Fsp3) is 0.367. The van der Waals surface area contributed by atoms with Gasteiger partial charge in [0.15, 0.2) is 0 Å². The van der Waals surface area contributed by atoms with Gasteiger partial charge in [-0.15, -0.1) is 0 Å². The summed E-state index contributed by atoms with van der Waals surface area (Å²) in [6.07, 6.45) is 7.93. The highest BCUT2D eigenvalue weighted by molar-refractivity contribution is 7.92. The van der Waals surface area contributed by atoms with E-state index in [-0.39, 0.29) is 11.7 Å². The number of nitrogens with zero attached hydrogens (tertiary/aromatic N) is 4. The van der Waals surface area contributed by atoms with E-state index in [9.17, 15) is 12.8 Å². The van der Waals surface area contributed by atoms with E-state index in [1.54, 1.807) is 18.3 Å². The molecule has 3 N–H and O–H groups in total. The van der Waals surface area contributed by atoms with Crippen molar-refractivity contribution in [3.05, 3.63) is 72.6 Å². The molecule has 2 fully saturated rings. The SMILES string of the molecule is CN1CCN(C2CCC(n3cc(-c4ccc(NS(=O)(=O)c5ccccc5F)c(F)c4)c4c(N)ccnc43)CC2)CC1. The number of piperazine rings is 1. The van der Waals surface area contributed by atoms with Crippen molar-refractivity contribution >= 4 is 32.4 Å². The fourth-order valence-corrected chi connectivity index (χ4v) is 7.36. The molecule has 0 atom stereocenters. The zero-order valence-corrected chi connectivity index (χ0v) is 23.7. The van der Waals surface area contributed by atoms with E-state index in [1.807, 2.05) is 6.20 Å². The maximum absolute atomic E-state index is 15.3. The summed E-state index contributed by atoms with van der Waals surface area (Å²) in [5.74, 6) is -1.69. The Morgan fingerprint density at radius 3 is 2.34 bits per heavy atom. The van der Waals surface area contributed by atoms with Gasteiger partial charge in [0.2, 0.25) is 0 Å². The molecule has 2 aliphatic rings. The van der Waals surface area contributed by atoms with Gasteiger partial charge in [-0.05, 0) is 68.6 Å². The van der Waals surface area contributed by atoms with Crippen molar-refractivity contribution in [2.45, 2.75) is 42.7 Å². The van der Waals surface area contributed by atoms with Crippen LogP contribution < -0.4 is 10.5 Å². The molecule has 216 valence electrons. The number of benzene rings is 2. The Hall–Kier alpha value is -3.54. The predicted molar refractivity (Wildman–Crippen MR) is 157 cm³/mol. The maximum Gasteiger partial charge on any atom is 0.264 e. The van der Waals surface area contributed by atoms with Crippen LogP contribution >= 0.6 is 0 Å². The highest BCUT2D eigenvalue weighted by Crippen LogP contribution is 2.40. The van der Waals surface area contributed by atoms with Crippen molar-refractivity contribution in [3.8, 4) is 11.1 Å². The van der Waals surface area contributed by atoms with Crippen LogP contribution in [0.3, 0.4) is 0 Å². The lowest BCUT2D eigenvalue weighted by molar-refractivity contribution is 0.0828. The lowest BCUT2D eigenvalue weighted by Crippen LogP contribution is -2.49. The third-order valence-corrected chi connectivity index (χ3v) is 9.91. The first kappa shape index (κ1) is 27.6. The molecule has 2 aromatic heterocycles. The Bertz CT molecular complexity index is 1680. The lowest BCUT2D eigenvalue weighted by atomic mass is 9.89. The smallest absolute Gasteiger partial charge is 0.264 e. The van der Waals surface area contributed by atoms with E-state index in [0.717, 1.165) is 80.6 Å². The number of anilines is 2. The number of halogens is 2. The molecule has 8 nitrogen and oxygen atoms in total. The molecule has 2 aromatic carbocycles. The molecule has 0 bridgehead atoms. The van der Waals surface area contributed by atoms with Gasteiger partial charge in [-0.3, -0.25) is 9.62 Å². The summed E-state index contributed by atoms with van der Waals surface area (Å²) >= 11 is 0. The fourth-order valence-electron chi connectivity index (χ4n) is 6.22. The standard InChI is InChI=1S/C30H34F2N6O2S/c1-36-14-16-37(17-15-36)21-7-9-22(10-8-21)38-19-23(29-26(33)12-13-34-30(29)38)20-6-11-27(25(32)18-20)35-41(39,40)28-5-3-2-4-24(28)31/h2-6,11-13,18-19,21-22,35H,7-10,14-17H2,1H3,(H2,33,34). The van der Waals surface area contributed by atoms with Gasteiger partial charge in [0.05, 0.1) is 5.69 Å². The molecule has 4 aromatic rings. The third kappa shape index (κ3) is 5.41. The number of rotatable bonds is 6. The van der Waals surface area contributed by atoms with Crippen LogP contribution in [0.15, 0.2) is 65.8 Å². The van der Waals surface area contributed by atoms with Crippen LogP contribution in [0.25, 0.3) is 22.2 Å². The first-order valence-electron chi connectivity index (χ1n) is 14.0. The number of fused-ring (bicyclic) bond motifs is 1. The molecule has 1 aliphatic heterocycles. The first-order chi connectivity index (χ1) is 19.7. The number of sulfonamides is 1. The summed E-state index contributed by atoms with van der Waals surface area (Å²) in [7, 11) is -2.14. The Balaban J connectivity index is 1.27. The number of likely N-dealkylation sites (N-methyl/N-ethyl adjacent to an activating group) is 1. The van der Waals surface area contributed by atoms with Crippen LogP contribution in [0.1, 0.15) is 31.7 Å². The molecule has 0 spiro atoms. The van der Waals surface area contributed by atoms with E-state index in [0.29, 0.717) is 17.3 Å². The topological polar surface area (TPSA) is 96.5 Å². The minimum atomic E-state index is -4.32. The van der Waals surface area contributed by atoms with E-state index in [4.69, 9.17) is 5.73 Å². The van der Waals surface area contributed by atoms with Gasteiger partial charge in [-0.1, -0.05) is 18.2 Å². The molecule has 3 heterocycles. The van der Waals surface area contributed by atoms with Crippen molar-refractivity contribution in [1.29, 1.82) is 0 Å². The number of nitrogen functional groups attached to an aromatic ring is 1. The summed E-state index contributed by atoms with van der Waals surface area (Å²) in [5.41, 5.74) is 8.72. The van der Waals surface area contributed by atoms with Crippen molar-refractivity contribution < 1.29 is 17.2 Å². The number of nitrogens with one attached hydrogen (secondary N) is 1. The summed E-state index contributed by atoms with van der Waals surface area (Å²) < 4.78 is 59.2. The van der Waals surface area contributed by atoms with Crippen molar-refractivity contribution in [1.82, 2.24) is 19.4 Å². The van der Waals surface area contributed by atoms with Crippen LogP contribution in [0.2, 0.25) is 0 Å². The van der Waals surface area contributed by atoms with Gasteiger partial charge in [0, 0.05) is 67.3 Å². The largest absolute Gasteiger partial charge is 0.398 e. The molecule has 0 radical (unpaired) electrons. The highest BCUT2D eigenvalue weighted by Gasteiger charge is 2.30. The molecular weight excluding hydrogens is 546 g/mol. The van der Waals surface area contributed by atoms with Crippen LogP contribution in [0.4, 0.5) is 20.2 Å². The molecule has 41 heavy (non-hydrogen) atoms. The van der Waals surface area contributed by atoms with Gasteiger partial charge < -0.3 is 15.2 Å². The normalized spacial score (nSPS) is 20.9. The van der Waals surface area contributed by atoms with E-state index < -0.39 is 26.6 Å². The summed E-state index contributed by atoms with van der Waals surface area (Å²) in [6.45, 7) is 4.43. The Morgan fingerprint density at radius 2 is 1.63 bits per heavy atom. The number of hydrogen-bond acceptors (Lipinski definition) is 6. The van der Waals surface area contributed by atoms with Gasteiger partial charge >= 0.3 is 0 Å². The van der Waals surface area contributed by atoms with Crippen molar-refractivity contribution in [3.63, 3.8) is 0 Å². The summed E-state index contributed by atoms with van der Waals surface area (Å²) in [6, 6.07) is 11.8. The molecule has 1 saturated carbocycles. The average Bonchev–Trinajstić information content (AvgIpc) is 3.36. The molecule has 6 rings (SSSR count). The maximum atomic E-state index is 15.3. The predicted octanol–water partition coefficient (Wildman–Crippen LogP) is 5.10. The average molecular weight is 581 g/mol. The van der Waals surface area contributed by atoms with Crippen LogP contribution in [-0.2, 0) is 10.0 Å². The Morgan fingerprint density at radius 1 is 0.927 bits per heavy atom. The van der Waals surface area contributed by atoms with Gasteiger partial charge in [0.1, 0.15) is 22.2 Å². The number of hydrogen-bond donors (Lipinski definition) is 2. The Kier molecular flexibility index (Phi) is 7.43. The quantitative estimate of drug-likeness (QED) is 0.330. The van der Waals surface area contributed by atoms with Gasteiger partial charge in [-0.2, -0.15) is 0 Å². The first-order valence-corrected chi connectivity index (χ1v) is 15.4. The highest BCUT2D eigenvalue weighted by atomic mass is 32.2. The molecule has 0 unspecified atom stereocenters. The second kappa shape index (κ2) is 11.0. The summed E-state index contributed by atoms with van der Waals surface area (Å²) in [5, 5.41) is 0.743. The molecule has 11 heteroatoms. The summed E-state index contributed by atoms with van der Waals surface area (Å²) in [4.78, 5) is 9.10. The van der Waals surface area contributed by atoms with Crippen LogP contribution in [-0.4, -0.2) is 67.0 Å². The zero-order valence-electron chi connectivity index (χ0n) is 22.9. The minimum absolute atomic E-state index is 0.251. The minimum Gasteiger partial charge on any atom is -0.398 e. The van der Waals surface area contributed by atoms with Crippen LogP contribution in [0.5, 0.6) is 0 Å². The van der Waals surface area contributed by atoms with Crippen molar-refractivity contribution in [2.24, 2.45) is 0 Å². The molecule has 0 amide bonds. The molecular formula is C30H34F2N6O2S. The van der Waals surface area contributed by atoms with Gasteiger partial charge in [-0.25, -0.2) is 22.2 Å². The second-order valence-electron chi connectivity index (χ2n) is 11.1. The van der Waals surface area contributed by atoms with Crippen molar-refractivity contribution in [2.75, 3.05) is 43.7 Å². The van der Waals surface area contributed by atoms with E-state index >= 15 is 4.39 Å². The Labute approximate surface area is 238 Å². The number of aromatic nitrogens is 2. The number of nitrogens with two attached hydrogens (primary N) is 1. The van der Waals surface area contributed by atoms with Gasteiger partial charge in [0.25, 0.3) is 10.0 Å². The molecule has 1 aliphatic carbocycles. The molecule has 1 saturated heterocycles. The lowest BCUT2D eigenvalue weighted by Gasteiger charge is -2.41. The third-order valence-electron chi connectivity index (χ3n) is 8.51.